The van der Waals surface area contributed by atoms with Crippen LogP contribution in [-0.4, -0.2) is 25.2 Å². The van der Waals surface area contributed by atoms with Crippen molar-refractivity contribution >= 4 is 11.9 Å². The van der Waals surface area contributed by atoms with Crippen LogP contribution in [0.5, 0.6) is 0 Å². The van der Waals surface area contributed by atoms with Gasteiger partial charge in [-0.2, -0.15) is 0 Å². The molecule has 4 nitrogen and oxygen atoms in total. The van der Waals surface area contributed by atoms with Crippen molar-refractivity contribution in [1.82, 2.24) is 0 Å². The Morgan fingerprint density at radius 1 is 1.05 bits per heavy atom. The molecule has 0 spiro atoms. The van der Waals surface area contributed by atoms with Crippen molar-refractivity contribution in [2.45, 2.75) is 53.9 Å². The van der Waals surface area contributed by atoms with E-state index in [1.165, 1.54) is 0 Å². The minimum Gasteiger partial charge on any atom is -0.465 e. The van der Waals surface area contributed by atoms with Gasteiger partial charge in [-0.15, -0.1) is 6.58 Å². The van der Waals surface area contributed by atoms with Gasteiger partial charge in [0.1, 0.15) is 0 Å². The molecule has 0 radical (unpaired) electrons. The summed E-state index contributed by atoms with van der Waals surface area (Å²) in [5.74, 6) is -0.536. The lowest BCUT2D eigenvalue weighted by atomic mass is 9.80. The van der Waals surface area contributed by atoms with E-state index in [0.717, 1.165) is 0 Å². The molecule has 0 saturated heterocycles. The minimum atomic E-state index is -1.25. The summed E-state index contributed by atoms with van der Waals surface area (Å²) < 4.78 is 10.6. The molecular formula is C17H30O4. The maximum Gasteiger partial charge on any atom is 0.323 e. The predicted octanol–water partition coefficient (Wildman–Crippen LogP) is 3.75. The highest BCUT2D eigenvalue weighted by Gasteiger charge is 2.47. The van der Waals surface area contributed by atoms with Crippen LogP contribution < -0.4 is 0 Å². The molecule has 21 heavy (non-hydrogen) atoms. The van der Waals surface area contributed by atoms with Crippen LogP contribution in [-0.2, 0) is 19.1 Å². The summed E-state index contributed by atoms with van der Waals surface area (Å²) >= 11 is 0. The monoisotopic (exact) mass is 298 g/mol. The first-order chi connectivity index (χ1) is 9.80. The molecule has 0 bridgehead atoms. The minimum absolute atomic E-state index is 0.226. The molecule has 122 valence electrons. The molecule has 0 fully saturated rings. The van der Waals surface area contributed by atoms with E-state index in [4.69, 9.17) is 9.47 Å². The van der Waals surface area contributed by atoms with E-state index in [9.17, 15) is 9.59 Å². The van der Waals surface area contributed by atoms with Crippen LogP contribution in [0, 0.1) is 17.3 Å². The van der Waals surface area contributed by atoms with Gasteiger partial charge in [-0.1, -0.05) is 47.1 Å². The van der Waals surface area contributed by atoms with Crippen molar-refractivity contribution in [1.29, 1.82) is 0 Å². The third-order valence-corrected chi connectivity index (χ3v) is 3.05. The van der Waals surface area contributed by atoms with E-state index in [2.05, 4.69) is 6.58 Å². The third-order valence-electron chi connectivity index (χ3n) is 3.05. The zero-order valence-electron chi connectivity index (χ0n) is 14.1. The average Bonchev–Trinajstić information content (AvgIpc) is 2.41. The van der Waals surface area contributed by atoms with Crippen molar-refractivity contribution in [3.8, 4) is 0 Å². The van der Waals surface area contributed by atoms with Crippen LogP contribution in [0.1, 0.15) is 53.9 Å². The fraction of sp³-hybridized carbons (Fsp3) is 0.765. The number of hydrogen-bond donors (Lipinski definition) is 0. The Kier molecular flexibility index (Phi) is 8.98. The largest absolute Gasteiger partial charge is 0.465 e. The van der Waals surface area contributed by atoms with Gasteiger partial charge in [0.2, 0.25) is 0 Å². The summed E-state index contributed by atoms with van der Waals surface area (Å²) in [6.45, 7) is 14.0. The summed E-state index contributed by atoms with van der Waals surface area (Å²) in [7, 11) is 0. The molecular weight excluding hydrogens is 268 g/mol. The highest BCUT2D eigenvalue weighted by atomic mass is 16.6. The van der Waals surface area contributed by atoms with E-state index in [1.54, 1.807) is 6.08 Å². The smallest absolute Gasteiger partial charge is 0.323 e. The van der Waals surface area contributed by atoms with Crippen LogP contribution in [0.15, 0.2) is 12.7 Å². The Morgan fingerprint density at radius 2 is 1.48 bits per heavy atom. The Hall–Kier alpha value is -1.32. The van der Waals surface area contributed by atoms with E-state index >= 15 is 0 Å². The molecule has 0 amide bonds. The van der Waals surface area contributed by atoms with Crippen molar-refractivity contribution in [2.75, 3.05) is 13.2 Å². The Bertz CT molecular complexity index is 321. The van der Waals surface area contributed by atoms with E-state index in [1.807, 2.05) is 34.6 Å². The van der Waals surface area contributed by atoms with Crippen molar-refractivity contribution < 1.29 is 19.1 Å². The molecule has 0 aromatic rings. The Labute approximate surface area is 128 Å². The van der Waals surface area contributed by atoms with Crippen LogP contribution >= 0.6 is 0 Å². The summed E-state index contributed by atoms with van der Waals surface area (Å²) in [4.78, 5) is 24.9. The van der Waals surface area contributed by atoms with Gasteiger partial charge in [-0.3, -0.25) is 9.59 Å². The topological polar surface area (TPSA) is 52.6 Å². The normalized spacial score (nSPS) is 11.6. The number of hydrogen-bond acceptors (Lipinski definition) is 4. The molecule has 0 aromatic carbocycles. The molecule has 0 unspecified atom stereocenters. The quantitative estimate of drug-likeness (QED) is 0.350. The molecule has 0 aliphatic rings. The van der Waals surface area contributed by atoms with E-state index < -0.39 is 17.4 Å². The first-order valence-electron chi connectivity index (χ1n) is 7.75. The van der Waals surface area contributed by atoms with Crippen molar-refractivity contribution in [3.05, 3.63) is 12.7 Å². The number of rotatable bonds is 10. The van der Waals surface area contributed by atoms with Crippen LogP contribution in [0.4, 0.5) is 0 Å². The summed E-state index contributed by atoms with van der Waals surface area (Å²) in [5, 5.41) is 0. The SMILES string of the molecule is C=CCC(CCC)(C(=O)OCC(C)C)C(=O)OCC(C)C. The van der Waals surface area contributed by atoms with E-state index in [0.29, 0.717) is 26.1 Å². The number of carbonyl (C=O) groups is 2. The van der Waals surface area contributed by atoms with E-state index in [-0.39, 0.29) is 18.3 Å². The highest BCUT2D eigenvalue weighted by Crippen LogP contribution is 2.33. The number of esters is 2. The Balaban J connectivity index is 5.16. The average molecular weight is 298 g/mol. The molecule has 0 heterocycles. The summed E-state index contributed by atoms with van der Waals surface area (Å²) in [6.07, 6.45) is 2.94. The van der Waals surface area contributed by atoms with Crippen LogP contribution in [0.2, 0.25) is 0 Å². The second-order valence-corrected chi connectivity index (χ2v) is 6.31. The van der Waals surface area contributed by atoms with Gasteiger partial charge >= 0.3 is 11.9 Å². The molecule has 0 saturated carbocycles. The summed E-state index contributed by atoms with van der Waals surface area (Å²) in [6, 6.07) is 0. The van der Waals surface area contributed by atoms with Gasteiger partial charge in [0, 0.05) is 0 Å². The third kappa shape index (κ3) is 6.32. The molecule has 0 rings (SSSR count). The highest BCUT2D eigenvalue weighted by molar-refractivity contribution is 6.00. The molecule has 0 atom stereocenters. The van der Waals surface area contributed by atoms with Crippen LogP contribution in [0.3, 0.4) is 0 Å². The van der Waals surface area contributed by atoms with Crippen LogP contribution in [0.25, 0.3) is 0 Å². The summed E-state index contributed by atoms with van der Waals surface area (Å²) in [5.41, 5.74) is -1.25. The fourth-order valence-electron chi connectivity index (χ4n) is 1.99. The number of allylic oxidation sites excluding steroid dienone is 1. The van der Waals surface area contributed by atoms with Gasteiger partial charge < -0.3 is 9.47 Å². The molecule has 0 aliphatic carbocycles. The van der Waals surface area contributed by atoms with Gasteiger partial charge in [-0.25, -0.2) is 0 Å². The Morgan fingerprint density at radius 3 is 1.76 bits per heavy atom. The zero-order chi connectivity index (χ0) is 16.5. The second kappa shape index (κ2) is 9.59. The lowest BCUT2D eigenvalue weighted by Crippen LogP contribution is -2.42. The first-order valence-corrected chi connectivity index (χ1v) is 7.75. The lowest BCUT2D eigenvalue weighted by Gasteiger charge is -2.28. The standard InChI is InChI=1S/C17H30O4/c1-7-9-17(10-8-2,15(18)20-11-13(3)4)16(19)21-12-14(5)6/h7,13-14H,1,8-12H2,2-6H3. The molecule has 0 aliphatic heterocycles. The fourth-order valence-corrected chi connectivity index (χ4v) is 1.99. The molecule has 4 heteroatoms. The first kappa shape index (κ1) is 19.7. The maximum absolute atomic E-state index is 12.5. The van der Waals surface area contributed by atoms with Gasteiger partial charge in [0.25, 0.3) is 0 Å². The number of carbonyl (C=O) groups excluding carboxylic acids is 2. The number of ether oxygens (including phenoxy) is 2. The maximum atomic E-state index is 12.5. The molecule has 0 aromatic heterocycles. The predicted molar refractivity (Wildman–Crippen MR) is 83.7 cm³/mol. The van der Waals surface area contributed by atoms with Gasteiger partial charge in [0.05, 0.1) is 13.2 Å². The lowest BCUT2D eigenvalue weighted by molar-refractivity contribution is -0.174. The van der Waals surface area contributed by atoms with Gasteiger partial charge in [0.15, 0.2) is 5.41 Å². The zero-order valence-corrected chi connectivity index (χ0v) is 14.1. The molecule has 0 N–H and O–H groups in total. The van der Waals surface area contributed by atoms with Gasteiger partial charge in [-0.05, 0) is 24.7 Å². The van der Waals surface area contributed by atoms with Crippen molar-refractivity contribution in [3.63, 3.8) is 0 Å². The second-order valence-electron chi connectivity index (χ2n) is 6.31. The van der Waals surface area contributed by atoms with Crippen molar-refractivity contribution in [2.24, 2.45) is 17.3 Å².